The number of carbonyl (C=O) groups is 4. The molecule has 0 saturated carbocycles. The Morgan fingerprint density at radius 3 is 2.03 bits per heavy atom. The van der Waals surface area contributed by atoms with Gasteiger partial charge in [0.15, 0.2) is 0 Å². The van der Waals surface area contributed by atoms with Gasteiger partial charge in [0.25, 0.3) is 17.7 Å². The third kappa shape index (κ3) is 6.41. The van der Waals surface area contributed by atoms with Crippen molar-refractivity contribution in [2.24, 2.45) is 11.7 Å². The SMILES string of the molecule is CC(C)C[C@H](N)C(=O)N([C@@H](Cc1ccccc1)C(=O)O)S(=O)(=O)CCCN1C(=O)c2ccccc2C1=O. The number of fused-ring (bicyclic) bond motifs is 1. The van der Waals surface area contributed by atoms with E-state index in [1.54, 1.807) is 42.5 Å². The molecule has 2 aromatic carbocycles. The van der Waals surface area contributed by atoms with Crippen LogP contribution in [-0.2, 0) is 26.0 Å². The van der Waals surface area contributed by atoms with E-state index in [0.717, 1.165) is 4.90 Å². The lowest BCUT2D eigenvalue weighted by molar-refractivity contribution is -0.146. The second-order valence-electron chi connectivity index (χ2n) is 9.39. The highest BCUT2D eigenvalue weighted by Crippen LogP contribution is 2.23. The normalized spacial score (nSPS) is 15.0. The summed E-state index contributed by atoms with van der Waals surface area (Å²) in [7, 11) is -4.49. The Labute approximate surface area is 216 Å². The van der Waals surface area contributed by atoms with Crippen molar-refractivity contribution in [2.45, 2.75) is 45.2 Å². The molecule has 3 amide bonds. The van der Waals surface area contributed by atoms with Gasteiger partial charge in [-0.2, -0.15) is 0 Å². The third-order valence-electron chi connectivity index (χ3n) is 6.06. The smallest absolute Gasteiger partial charge is 0.327 e. The number of sulfonamides is 1. The Kier molecular flexibility index (Phi) is 8.82. The van der Waals surface area contributed by atoms with Gasteiger partial charge in [-0.25, -0.2) is 17.5 Å². The minimum atomic E-state index is -4.49. The Morgan fingerprint density at radius 2 is 1.51 bits per heavy atom. The first-order valence-corrected chi connectivity index (χ1v) is 13.6. The molecular weight excluding hydrogens is 498 g/mol. The number of hydrogen-bond acceptors (Lipinski definition) is 7. The highest BCUT2D eigenvalue weighted by Gasteiger charge is 2.41. The van der Waals surface area contributed by atoms with Crippen molar-refractivity contribution in [2.75, 3.05) is 12.3 Å². The van der Waals surface area contributed by atoms with E-state index in [1.165, 1.54) is 12.1 Å². The standard InChI is InChI=1S/C26H31N3O7S/c1-17(2)15-21(27)25(32)29(22(26(33)34)16-18-9-4-3-5-10-18)37(35,36)14-8-13-28-23(30)19-11-6-7-12-20(19)24(28)31/h3-7,9-12,17,21-22H,8,13-16,27H2,1-2H3,(H,33,34)/t21-,22-/m0/s1. The number of carboxylic acids is 1. The predicted octanol–water partition coefficient (Wildman–Crippen LogP) is 1.90. The molecule has 1 aliphatic heterocycles. The third-order valence-corrected chi connectivity index (χ3v) is 7.90. The van der Waals surface area contributed by atoms with Crippen LogP contribution in [0, 0.1) is 5.92 Å². The predicted molar refractivity (Wildman–Crippen MR) is 136 cm³/mol. The monoisotopic (exact) mass is 529 g/mol. The maximum absolute atomic E-state index is 13.5. The van der Waals surface area contributed by atoms with Crippen LogP contribution in [0.3, 0.4) is 0 Å². The molecule has 0 aromatic heterocycles. The van der Waals surface area contributed by atoms with Crippen LogP contribution in [0.1, 0.15) is 53.0 Å². The fraction of sp³-hybridized carbons (Fsp3) is 0.385. The summed E-state index contributed by atoms with van der Waals surface area (Å²) >= 11 is 0. The van der Waals surface area contributed by atoms with E-state index in [0.29, 0.717) is 9.87 Å². The molecule has 0 saturated heterocycles. The van der Waals surface area contributed by atoms with E-state index >= 15 is 0 Å². The topological polar surface area (TPSA) is 155 Å². The fourth-order valence-electron chi connectivity index (χ4n) is 4.31. The summed E-state index contributed by atoms with van der Waals surface area (Å²) in [5.41, 5.74) is 7.02. The number of benzene rings is 2. The summed E-state index contributed by atoms with van der Waals surface area (Å²) in [5.74, 6) is -4.24. The molecule has 2 atom stereocenters. The van der Waals surface area contributed by atoms with Crippen LogP contribution in [0.4, 0.5) is 0 Å². The lowest BCUT2D eigenvalue weighted by Crippen LogP contribution is -2.55. The summed E-state index contributed by atoms with van der Waals surface area (Å²) in [6.07, 6.45) is -0.264. The first-order chi connectivity index (χ1) is 17.4. The Bertz CT molecular complexity index is 1240. The molecule has 0 aliphatic carbocycles. The zero-order valence-corrected chi connectivity index (χ0v) is 21.6. The van der Waals surface area contributed by atoms with Gasteiger partial charge in [-0.3, -0.25) is 19.3 Å². The average molecular weight is 530 g/mol. The quantitative estimate of drug-likeness (QED) is 0.395. The van der Waals surface area contributed by atoms with Crippen LogP contribution >= 0.6 is 0 Å². The van der Waals surface area contributed by atoms with Crippen LogP contribution in [0.25, 0.3) is 0 Å². The number of nitrogens with two attached hydrogens (primary N) is 1. The largest absolute Gasteiger partial charge is 0.480 e. The molecule has 198 valence electrons. The number of carboxylic acid groups (broad SMARTS) is 1. The summed E-state index contributed by atoms with van der Waals surface area (Å²) in [4.78, 5) is 51.7. The Morgan fingerprint density at radius 1 is 0.973 bits per heavy atom. The molecule has 1 heterocycles. The minimum Gasteiger partial charge on any atom is -0.480 e. The first-order valence-electron chi connectivity index (χ1n) is 12.0. The van der Waals surface area contributed by atoms with Crippen molar-refractivity contribution in [1.29, 1.82) is 0 Å². The van der Waals surface area contributed by atoms with E-state index in [1.807, 2.05) is 13.8 Å². The molecule has 3 N–H and O–H groups in total. The van der Waals surface area contributed by atoms with E-state index in [4.69, 9.17) is 5.73 Å². The average Bonchev–Trinajstić information content (AvgIpc) is 3.08. The van der Waals surface area contributed by atoms with Gasteiger partial charge in [-0.1, -0.05) is 56.3 Å². The molecule has 0 radical (unpaired) electrons. The second-order valence-corrected chi connectivity index (χ2v) is 11.4. The van der Waals surface area contributed by atoms with Crippen LogP contribution in [0.15, 0.2) is 54.6 Å². The lowest BCUT2D eigenvalue weighted by Gasteiger charge is -2.31. The maximum atomic E-state index is 13.5. The molecule has 0 spiro atoms. The molecule has 0 fully saturated rings. The second kappa shape index (κ2) is 11.7. The van der Waals surface area contributed by atoms with Gasteiger partial charge in [0.2, 0.25) is 10.0 Å². The first kappa shape index (κ1) is 28.0. The van der Waals surface area contributed by atoms with Crippen LogP contribution < -0.4 is 5.73 Å². The van der Waals surface area contributed by atoms with Crippen molar-refractivity contribution < 1.29 is 32.7 Å². The van der Waals surface area contributed by atoms with Crippen LogP contribution in [0.2, 0.25) is 0 Å². The molecule has 37 heavy (non-hydrogen) atoms. The van der Waals surface area contributed by atoms with Gasteiger partial charge in [0.1, 0.15) is 6.04 Å². The van der Waals surface area contributed by atoms with Crippen molar-refractivity contribution in [3.63, 3.8) is 0 Å². The zero-order chi connectivity index (χ0) is 27.3. The summed E-state index contributed by atoms with van der Waals surface area (Å²) in [6, 6.07) is 11.7. The van der Waals surface area contributed by atoms with E-state index < -0.39 is 51.6 Å². The summed E-state index contributed by atoms with van der Waals surface area (Å²) < 4.78 is 27.3. The molecule has 3 rings (SSSR count). The molecule has 0 unspecified atom stereocenters. The highest BCUT2D eigenvalue weighted by molar-refractivity contribution is 7.89. The Hall–Kier alpha value is -3.57. The van der Waals surface area contributed by atoms with Crippen molar-refractivity contribution >= 4 is 33.7 Å². The molecule has 0 bridgehead atoms. The zero-order valence-electron chi connectivity index (χ0n) is 20.7. The van der Waals surface area contributed by atoms with Crippen LogP contribution in [-0.4, -0.2) is 70.8 Å². The molecular formula is C26H31N3O7S. The summed E-state index contributed by atoms with van der Waals surface area (Å²) in [5, 5.41) is 9.95. The van der Waals surface area contributed by atoms with E-state index in [9.17, 15) is 32.7 Å². The molecule has 10 nitrogen and oxygen atoms in total. The molecule has 1 aliphatic rings. The lowest BCUT2D eigenvalue weighted by atomic mass is 10.0. The molecule has 11 heteroatoms. The Balaban J connectivity index is 1.83. The van der Waals surface area contributed by atoms with Crippen molar-refractivity contribution in [3.8, 4) is 0 Å². The van der Waals surface area contributed by atoms with Gasteiger partial charge in [-0.15, -0.1) is 0 Å². The van der Waals surface area contributed by atoms with Gasteiger partial charge in [-0.05, 0) is 36.5 Å². The number of hydrogen-bond donors (Lipinski definition) is 2. The molecule has 2 aromatic rings. The van der Waals surface area contributed by atoms with Crippen molar-refractivity contribution in [3.05, 3.63) is 71.3 Å². The minimum absolute atomic E-state index is 0.0327. The number of rotatable bonds is 12. The van der Waals surface area contributed by atoms with Gasteiger partial charge < -0.3 is 10.8 Å². The number of amides is 3. The van der Waals surface area contributed by atoms with Crippen LogP contribution in [0.5, 0.6) is 0 Å². The highest BCUT2D eigenvalue weighted by atomic mass is 32.2. The number of imide groups is 1. The fourth-order valence-corrected chi connectivity index (χ4v) is 5.96. The summed E-state index contributed by atoms with van der Waals surface area (Å²) in [6.45, 7) is 3.42. The maximum Gasteiger partial charge on any atom is 0.327 e. The number of aliphatic carboxylic acids is 1. The van der Waals surface area contributed by atoms with Gasteiger partial charge in [0.05, 0.1) is 22.9 Å². The van der Waals surface area contributed by atoms with E-state index in [-0.39, 0.29) is 42.9 Å². The number of carbonyl (C=O) groups excluding carboxylic acids is 3. The van der Waals surface area contributed by atoms with Gasteiger partial charge in [0, 0.05) is 13.0 Å². The van der Waals surface area contributed by atoms with Gasteiger partial charge >= 0.3 is 5.97 Å². The number of nitrogens with zero attached hydrogens (tertiary/aromatic N) is 2. The van der Waals surface area contributed by atoms with Crippen molar-refractivity contribution in [1.82, 2.24) is 9.21 Å². The van der Waals surface area contributed by atoms with E-state index in [2.05, 4.69) is 0 Å².